The molecule has 1 aliphatic carbocycles. The summed E-state index contributed by atoms with van der Waals surface area (Å²) in [6.45, 7) is 11.3. The Balaban J connectivity index is 1.72. The summed E-state index contributed by atoms with van der Waals surface area (Å²) in [5.74, 6) is 0.702. The monoisotopic (exact) mass is 419 g/mol. The molecule has 3 rings (SSSR count). The lowest BCUT2D eigenvalue weighted by Crippen LogP contribution is -2.46. The first-order valence-corrected chi connectivity index (χ1v) is 11.6. The number of carbonyl (C=O) groups is 1. The van der Waals surface area contributed by atoms with Crippen molar-refractivity contribution in [2.75, 3.05) is 0 Å². The molecule has 1 saturated carbocycles. The van der Waals surface area contributed by atoms with Crippen molar-refractivity contribution in [3.63, 3.8) is 0 Å². The van der Waals surface area contributed by atoms with Crippen LogP contribution >= 0.6 is 0 Å². The smallest absolute Gasteiger partial charge is 0.323 e. The number of carbonyl (C=O) groups excluding carboxylic acids is 1. The van der Waals surface area contributed by atoms with Crippen LogP contribution in [0.5, 0.6) is 0 Å². The molecule has 0 amide bonds. The molecule has 166 valence electrons. The molecular formula is C28H37NO2. The maximum Gasteiger partial charge on any atom is 0.323 e. The molecule has 0 bridgehead atoms. The molecule has 3 heteroatoms. The van der Waals surface area contributed by atoms with E-state index < -0.39 is 0 Å². The van der Waals surface area contributed by atoms with Gasteiger partial charge in [0.05, 0.1) is 0 Å². The molecule has 4 atom stereocenters. The quantitative estimate of drug-likeness (QED) is 0.397. The third-order valence-electron chi connectivity index (χ3n) is 6.85. The van der Waals surface area contributed by atoms with Crippen LogP contribution in [-0.2, 0) is 21.5 Å². The molecule has 1 fully saturated rings. The van der Waals surface area contributed by atoms with E-state index >= 15 is 0 Å². The predicted octanol–water partition coefficient (Wildman–Crippen LogP) is 6.05. The molecular weight excluding hydrogens is 382 g/mol. The number of hydrogen-bond donors (Lipinski definition) is 1. The number of ether oxygens (including phenoxy) is 1. The van der Waals surface area contributed by atoms with Crippen LogP contribution in [0.3, 0.4) is 0 Å². The Morgan fingerprint density at radius 1 is 1.13 bits per heavy atom. The molecule has 2 aromatic rings. The molecule has 0 aromatic heterocycles. The second-order valence-corrected chi connectivity index (χ2v) is 9.53. The molecule has 1 aliphatic rings. The molecule has 0 aliphatic heterocycles. The number of hydrogen-bond acceptors (Lipinski definition) is 3. The molecule has 31 heavy (non-hydrogen) atoms. The third kappa shape index (κ3) is 6.07. The van der Waals surface area contributed by atoms with Crippen LogP contribution in [0.15, 0.2) is 73.3 Å². The van der Waals surface area contributed by atoms with Crippen molar-refractivity contribution in [3.05, 3.63) is 84.4 Å². The fourth-order valence-corrected chi connectivity index (χ4v) is 4.86. The predicted molar refractivity (Wildman–Crippen MR) is 128 cm³/mol. The molecule has 0 heterocycles. The van der Waals surface area contributed by atoms with E-state index in [1.807, 2.05) is 18.2 Å². The van der Waals surface area contributed by atoms with Crippen LogP contribution in [0.1, 0.15) is 57.6 Å². The highest BCUT2D eigenvalue weighted by Gasteiger charge is 2.42. The fraction of sp³-hybridized carbons (Fsp3) is 0.464. The minimum absolute atomic E-state index is 0.0578. The van der Waals surface area contributed by atoms with Crippen molar-refractivity contribution in [1.82, 2.24) is 5.32 Å². The van der Waals surface area contributed by atoms with Crippen molar-refractivity contribution in [2.45, 2.75) is 70.6 Å². The zero-order valence-electron chi connectivity index (χ0n) is 19.2. The van der Waals surface area contributed by atoms with Crippen molar-refractivity contribution in [2.24, 2.45) is 11.8 Å². The molecule has 3 nitrogen and oxygen atoms in total. The minimum atomic E-state index is -0.379. The summed E-state index contributed by atoms with van der Waals surface area (Å²) >= 11 is 0. The van der Waals surface area contributed by atoms with Gasteiger partial charge >= 0.3 is 5.97 Å². The van der Waals surface area contributed by atoms with Gasteiger partial charge in [0, 0.05) is 12.5 Å². The second kappa shape index (κ2) is 10.8. The SMILES string of the molecule is C=CC[C@@H](NCc1ccccc1)C(=O)O[C@@H]1C[C@H](C)CC[C@H]1C(C)(C)c1ccccc1. The highest BCUT2D eigenvalue weighted by atomic mass is 16.5. The maximum atomic E-state index is 13.2. The van der Waals surface area contributed by atoms with Gasteiger partial charge in [0.2, 0.25) is 0 Å². The van der Waals surface area contributed by atoms with E-state index in [1.165, 1.54) is 12.0 Å². The average Bonchev–Trinajstić information content (AvgIpc) is 2.77. The van der Waals surface area contributed by atoms with Gasteiger partial charge in [-0.3, -0.25) is 4.79 Å². The first kappa shape index (κ1) is 23.3. The number of nitrogens with one attached hydrogen (secondary N) is 1. The van der Waals surface area contributed by atoms with Gasteiger partial charge in [-0.05, 0) is 41.7 Å². The van der Waals surface area contributed by atoms with E-state index in [0.29, 0.717) is 24.8 Å². The molecule has 0 unspecified atom stereocenters. The van der Waals surface area contributed by atoms with Crippen LogP contribution in [-0.4, -0.2) is 18.1 Å². The van der Waals surface area contributed by atoms with E-state index in [0.717, 1.165) is 18.4 Å². The molecule has 0 saturated heterocycles. The van der Waals surface area contributed by atoms with Crippen molar-refractivity contribution in [1.29, 1.82) is 0 Å². The zero-order valence-corrected chi connectivity index (χ0v) is 19.2. The van der Waals surface area contributed by atoms with E-state index in [-0.39, 0.29) is 23.5 Å². The van der Waals surface area contributed by atoms with Crippen LogP contribution in [0.2, 0.25) is 0 Å². The Labute approximate surface area is 187 Å². The van der Waals surface area contributed by atoms with Crippen molar-refractivity contribution in [3.8, 4) is 0 Å². The Bertz CT molecular complexity index is 831. The lowest BCUT2D eigenvalue weighted by molar-refractivity contribution is -0.159. The zero-order chi connectivity index (χ0) is 22.3. The largest absolute Gasteiger partial charge is 0.461 e. The summed E-state index contributed by atoms with van der Waals surface area (Å²) < 4.78 is 6.24. The standard InChI is InChI=1S/C28H37NO2/c1-5-12-25(29-20-22-13-8-6-9-14-22)27(30)31-26-19-21(2)17-18-24(26)28(3,4)23-15-10-7-11-16-23/h5-11,13-16,21,24-26,29H,1,12,17-20H2,2-4H3/t21-,24-,25-,26-/m1/s1. The van der Waals surface area contributed by atoms with E-state index in [2.05, 4.69) is 75.1 Å². The Hall–Kier alpha value is -2.39. The summed E-state index contributed by atoms with van der Waals surface area (Å²) in [5.41, 5.74) is 2.40. The van der Waals surface area contributed by atoms with Gasteiger partial charge in [-0.2, -0.15) is 0 Å². The maximum absolute atomic E-state index is 13.2. The van der Waals surface area contributed by atoms with E-state index in [1.54, 1.807) is 6.08 Å². The highest BCUT2D eigenvalue weighted by Crippen LogP contribution is 2.43. The van der Waals surface area contributed by atoms with Crippen LogP contribution in [0.4, 0.5) is 0 Å². The van der Waals surface area contributed by atoms with E-state index in [9.17, 15) is 4.79 Å². The summed E-state index contributed by atoms with van der Waals surface area (Å²) in [4.78, 5) is 13.2. The van der Waals surface area contributed by atoms with Crippen LogP contribution in [0, 0.1) is 11.8 Å². The van der Waals surface area contributed by atoms with Crippen LogP contribution in [0.25, 0.3) is 0 Å². The normalized spacial score (nSPS) is 22.5. The van der Waals surface area contributed by atoms with Gasteiger partial charge < -0.3 is 10.1 Å². The first-order chi connectivity index (χ1) is 14.9. The van der Waals surface area contributed by atoms with Crippen molar-refractivity contribution >= 4 is 5.97 Å². The topological polar surface area (TPSA) is 38.3 Å². The van der Waals surface area contributed by atoms with Crippen molar-refractivity contribution < 1.29 is 9.53 Å². The third-order valence-corrected chi connectivity index (χ3v) is 6.85. The molecule has 1 N–H and O–H groups in total. The second-order valence-electron chi connectivity index (χ2n) is 9.53. The Kier molecular flexibility index (Phi) is 8.09. The van der Waals surface area contributed by atoms with Gasteiger partial charge in [0.1, 0.15) is 12.1 Å². The molecule has 0 radical (unpaired) electrons. The van der Waals surface area contributed by atoms with Gasteiger partial charge in [0.25, 0.3) is 0 Å². The molecule has 2 aromatic carbocycles. The number of benzene rings is 2. The lowest BCUT2D eigenvalue weighted by atomic mass is 9.64. The van der Waals surface area contributed by atoms with E-state index in [4.69, 9.17) is 4.74 Å². The average molecular weight is 420 g/mol. The van der Waals surface area contributed by atoms with Gasteiger partial charge in [-0.1, -0.05) is 93.9 Å². The summed E-state index contributed by atoms with van der Waals surface area (Å²) in [7, 11) is 0. The Morgan fingerprint density at radius 2 is 1.77 bits per heavy atom. The molecule has 0 spiro atoms. The summed E-state index contributed by atoms with van der Waals surface area (Å²) in [5, 5.41) is 3.38. The van der Waals surface area contributed by atoms with Gasteiger partial charge in [-0.15, -0.1) is 6.58 Å². The first-order valence-electron chi connectivity index (χ1n) is 11.6. The Morgan fingerprint density at radius 3 is 2.42 bits per heavy atom. The van der Waals surface area contributed by atoms with Gasteiger partial charge in [-0.25, -0.2) is 0 Å². The van der Waals surface area contributed by atoms with Crippen LogP contribution < -0.4 is 5.32 Å². The lowest BCUT2D eigenvalue weighted by Gasteiger charge is -2.44. The minimum Gasteiger partial charge on any atom is -0.461 e. The summed E-state index contributed by atoms with van der Waals surface area (Å²) in [6.07, 6.45) is 5.45. The summed E-state index contributed by atoms with van der Waals surface area (Å²) in [6, 6.07) is 20.4. The number of esters is 1. The fourth-order valence-electron chi connectivity index (χ4n) is 4.86. The highest BCUT2D eigenvalue weighted by molar-refractivity contribution is 5.76. The van der Waals surface area contributed by atoms with Gasteiger partial charge in [0.15, 0.2) is 0 Å². The number of rotatable bonds is 9.